The molecule has 0 saturated heterocycles. The number of carbonyl (C=O) groups is 2. The largest absolute Gasteiger partial charge is 0.348 e. The van der Waals surface area contributed by atoms with Crippen molar-refractivity contribution in [2.45, 2.75) is 31.8 Å². The molecule has 2 amide bonds. The van der Waals surface area contributed by atoms with Gasteiger partial charge in [0.25, 0.3) is 0 Å². The number of hydrogen-bond acceptors (Lipinski definition) is 2. The van der Waals surface area contributed by atoms with Crippen LogP contribution in [0.15, 0.2) is 103 Å². The Morgan fingerprint density at radius 2 is 1.58 bits per heavy atom. The average Bonchev–Trinajstić information content (AvgIpc) is 3.42. The molecule has 0 aliphatic carbocycles. The van der Waals surface area contributed by atoms with Crippen LogP contribution < -0.4 is 0 Å². The van der Waals surface area contributed by atoms with Crippen molar-refractivity contribution in [2.75, 3.05) is 19.6 Å². The van der Waals surface area contributed by atoms with Crippen LogP contribution >= 0.6 is 0 Å². The van der Waals surface area contributed by atoms with E-state index >= 15 is 0 Å². The van der Waals surface area contributed by atoms with Gasteiger partial charge in [0.05, 0.1) is 18.5 Å². The molecular weight excluding hydrogens is 477 g/mol. The van der Waals surface area contributed by atoms with Gasteiger partial charge in [0.15, 0.2) is 0 Å². The summed E-state index contributed by atoms with van der Waals surface area (Å²) in [5.41, 5.74) is 3.45. The zero-order chi connectivity index (χ0) is 26.5. The van der Waals surface area contributed by atoms with Gasteiger partial charge in [0.2, 0.25) is 11.8 Å². The molecule has 194 valence electrons. The first-order valence-electron chi connectivity index (χ1n) is 13.2. The van der Waals surface area contributed by atoms with Crippen LogP contribution in [0, 0.1) is 5.82 Å². The lowest BCUT2D eigenvalue weighted by atomic mass is 9.90. The van der Waals surface area contributed by atoms with Crippen molar-refractivity contribution in [3.05, 3.63) is 131 Å². The first kappa shape index (κ1) is 25.5. The third-order valence-electron chi connectivity index (χ3n) is 7.17. The van der Waals surface area contributed by atoms with Crippen LogP contribution in [0.25, 0.3) is 0 Å². The fraction of sp³-hybridized carbons (Fsp3) is 0.250. The highest BCUT2D eigenvalue weighted by atomic mass is 19.1. The molecule has 5 rings (SSSR count). The van der Waals surface area contributed by atoms with Crippen molar-refractivity contribution < 1.29 is 14.0 Å². The summed E-state index contributed by atoms with van der Waals surface area (Å²) in [5.74, 6) is -1.09. The minimum absolute atomic E-state index is 0.0324. The van der Waals surface area contributed by atoms with Crippen LogP contribution in [0.2, 0.25) is 0 Å². The molecule has 0 unspecified atom stereocenters. The molecule has 6 heteroatoms. The van der Waals surface area contributed by atoms with E-state index in [1.54, 1.807) is 15.9 Å². The van der Waals surface area contributed by atoms with E-state index in [4.69, 9.17) is 0 Å². The summed E-state index contributed by atoms with van der Waals surface area (Å²) in [6.45, 7) is 3.58. The molecular formula is C32H32FN3O2. The molecule has 1 atom stereocenters. The Hall–Kier alpha value is -4.19. The molecule has 1 aromatic heterocycles. The van der Waals surface area contributed by atoms with Gasteiger partial charge in [-0.2, -0.15) is 0 Å². The third kappa shape index (κ3) is 5.25. The standard InChI is InChI=1S/C32H32FN3O2/c1-2-18-35(32(38)30(24-11-5-3-6-12-24)25-13-7-4-8-14-25)23-29(37)36-21-20-34-19-10-17-28(34)31(36)26-15-9-16-27(33)22-26/h3-17,19,22,30-31H,2,18,20-21,23H2,1H3/t31-/m0/s1. The van der Waals surface area contributed by atoms with Gasteiger partial charge in [0, 0.05) is 31.5 Å². The number of aromatic nitrogens is 1. The summed E-state index contributed by atoms with van der Waals surface area (Å²) in [5, 5.41) is 0. The zero-order valence-corrected chi connectivity index (χ0v) is 21.5. The molecule has 38 heavy (non-hydrogen) atoms. The van der Waals surface area contributed by atoms with E-state index in [0.29, 0.717) is 19.6 Å². The third-order valence-corrected chi connectivity index (χ3v) is 7.17. The Bertz CT molecular complexity index is 1350. The van der Waals surface area contributed by atoms with Crippen molar-refractivity contribution in [1.82, 2.24) is 14.4 Å². The Morgan fingerprint density at radius 3 is 2.21 bits per heavy atom. The predicted octanol–water partition coefficient (Wildman–Crippen LogP) is 5.63. The van der Waals surface area contributed by atoms with E-state index < -0.39 is 12.0 Å². The minimum Gasteiger partial charge on any atom is -0.348 e. The number of nitrogens with zero attached hydrogens (tertiary/aromatic N) is 3. The molecule has 0 spiro atoms. The lowest BCUT2D eigenvalue weighted by Gasteiger charge is -2.39. The number of carbonyl (C=O) groups excluding carboxylic acids is 2. The maximum absolute atomic E-state index is 14.2. The zero-order valence-electron chi connectivity index (χ0n) is 21.5. The number of amides is 2. The maximum Gasteiger partial charge on any atom is 0.243 e. The van der Waals surface area contributed by atoms with E-state index in [-0.39, 0.29) is 24.2 Å². The lowest BCUT2D eigenvalue weighted by Crippen LogP contribution is -2.49. The number of benzene rings is 3. The van der Waals surface area contributed by atoms with E-state index in [0.717, 1.165) is 28.8 Å². The van der Waals surface area contributed by atoms with Gasteiger partial charge in [-0.15, -0.1) is 0 Å². The summed E-state index contributed by atoms with van der Waals surface area (Å²) >= 11 is 0. The topological polar surface area (TPSA) is 45.6 Å². The SMILES string of the molecule is CCCN(CC(=O)N1CCn2cccc2[C@@H]1c1cccc(F)c1)C(=O)C(c1ccccc1)c1ccccc1. The fourth-order valence-corrected chi connectivity index (χ4v) is 5.42. The molecule has 4 aromatic rings. The number of fused-ring (bicyclic) bond motifs is 1. The Labute approximate surface area is 223 Å². The minimum atomic E-state index is -0.505. The molecule has 5 nitrogen and oxygen atoms in total. The second-order valence-corrected chi connectivity index (χ2v) is 9.69. The summed E-state index contributed by atoms with van der Waals surface area (Å²) in [6, 6.07) is 29.4. The molecule has 0 N–H and O–H groups in total. The van der Waals surface area contributed by atoms with E-state index in [1.165, 1.54) is 12.1 Å². The van der Waals surface area contributed by atoms with Gasteiger partial charge in [-0.25, -0.2) is 4.39 Å². The van der Waals surface area contributed by atoms with Gasteiger partial charge in [0.1, 0.15) is 5.82 Å². The summed E-state index contributed by atoms with van der Waals surface area (Å²) in [7, 11) is 0. The van der Waals surface area contributed by atoms with Crippen molar-refractivity contribution in [2.24, 2.45) is 0 Å². The quantitative estimate of drug-likeness (QED) is 0.309. The summed E-state index contributed by atoms with van der Waals surface area (Å²) < 4.78 is 16.3. The average molecular weight is 510 g/mol. The second-order valence-electron chi connectivity index (χ2n) is 9.69. The molecule has 1 aliphatic rings. The molecule has 0 bridgehead atoms. The van der Waals surface area contributed by atoms with Crippen molar-refractivity contribution in [3.63, 3.8) is 0 Å². The number of halogens is 1. The van der Waals surface area contributed by atoms with Crippen LogP contribution in [-0.4, -0.2) is 45.8 Å². The van der Waals surface area contributed by atoms with Gasteiger partial charge >= 0.3 is 0 Å². The predicted molar refractivity (Wildman–Crippen MR) is 146 cm³/mol. The molecule has 2 heterocycles. The van der Waals surface area contributed by atoms with Crippen LogP contribution in [0.1, 0.15) is 47.7 Å². The fourth-order valence-electron chi connectivity index (χ4n) is 5.42. The van der Waals surface area contributed by atoms with Crippen molar-refractivity contribution >= 4 is 11.8 Å². The van der Waals surface area contributed by atoms with Gasteiger partial charge in [-0.3, -0.25) is 9.59 Å². The number of hydrogen-bond donors (Lipinski definition) is 0. The highest BCUT2D eigenvalue weighted by Crippen LogP contribution is 2.33. The number of rotatable bonds is 8. The smallest absolute Gasteiger partial charge is 0.243 e. The van der Waals surface area contributed by atoms with E-state index in [1.807, 2.05) is 92.0 Å². The van der Waals surface area contributed by atoms with Gasteiger partial charge < -0.3 is 14.4 Å². The normalized spacial score (nSPS) is 14.8. The first-order valence-corrected chi connectivity index (χ1v) is 13.2. The van der Waals surface area contributed by atoms with Crippen LogP contribution in [-0.2, 0) is 16.1 Å². The summed E-state index contributed by atoms with van der Waals surface area (Å²) in [4.78, 5) is 31.5. The monoisotopic (exact) mass is 509 g/mol. The van der Waals surface area contributed by atoms with Crippen molar-refractivity contribution in [1.29, 1.82) is 0 Å². The highest BCUT2D eigenvalue weighted by Gasteiger charge is 2.35. The van der Waals surface area contributed by atoms with E-state index in [2.05, 4.69) is 4.57 Å². The molecule has 0 fully saturated rings. The van der Waals surface area contributed by atoms with Gasteiger partial charge in [-0.05, 0) is 47.4 Å². The molecule has 0 radical (unpaired) electrons. The molecule has 3 aromatic carbocycles. The van der Waals surface area contributed by atoms with Crippen molar-refractivity contribution in [3.8, 4) is 0 Å². The Morgan fingerprint density at radius 1 is 0.895 bits per heavy atom. The van der Waals surface area contributed by atoms with E-state index in [9.17, 15) is 14.0 Å². The lowest BCUT2D eigenvalue weighted by molar-refractivity contribution is -0.142. The van der Waals surface area contributed by atoms with Crippen LogP contribution in [0.4, 0.5) is 4.39 Å². The summed E-state index contributed by atoms with van der Waals surface area (Å²) in [6.07, 6.45) is 2.71. The first-order chi connectivity index (χ1) is 18.6. The second kappa shape index (κ2) is 11.5. The molecule has 0 saturated carbocycles. The van der Waals surface area contributed by atoms with Crippen LogP contribution in [0.5, 0.6) is 0 Å². The molecule has 1 aliphatic heterocycles. The Kier molecular flexibility index (Phi) is 7.68. The Balaban J connectivity index is 1.45. The maximum atomic E-state index is 14.2. The van der Waals surface area contributed by atoms with Gasteiger partial charge in [-0.1, -0.05) is 79.7 Å². The highest BCUT2D eigenvalue weighted by molar-refractivity contribution is 5.91. The van der Waals surface area contributed by atoms with Crippen LogP contribution in [0.3, 0.4) is 0 Å².